The summed E-state index contributed by atoms with van der Waals surface area (Å²) in [6.07, 6.45) is 7.42. The minimum Gasteiger partial charge on any atom is -0.383 e. The summed E-state index contributed by atoms with van der Waals surface area (Å²) in [7, 11) is 1.71. The second kappa shape index (κ2) is 3.76. The first-order chi connectivity index (χ1) is 7.18. The molecule has 5 nitrogen and oxygen atoms in total. The Kier molecular flexibility index (Phi) is 2.45. The summed E-state index contributed by atoms with van der Waals surface area (Å²) in [4.78, 5) is 11.8. The van der Waals surface area contributed by atoms with Crippen LogP contribution in [0.4, 0.5) is 5.82 Å². The quantitative estimate of drug-likeness (QED) is 0.690. The molecule has 0 saturated carbocycles. The Morgan fingerprint density at radius 3 is 2.80 bits per heavy atom. The molecule has 1 heterocycles. The van der Waals surface area contributed by atoms with Crippen molar-refractivity contribution in [2.75, 3.05) is 5.73 Å². The molecule has 1 amide bonds. The van der Waals surface area contributed by atoms with E-state index in [9.17, 15) is 4.79 Å². The van der Waals surface area contributed by atoms with E-state index in [-0.39, 0.29) is 11.9 Å². The number of aromatic nitrogens is 2. The average Bonchev–Trinajstić information content (AvgIpc) is 2.79. The molecular weight excluding hydrogens is 192 g/mol. The topological polar surface area (TPSA) is 72.9 Å². The van der Waals surface area contributed by atoms with Crippen molar-refractivity contribution in [1.29, 1.82) is 0 Å². The molecule has 5 heteroatoms. The van der Waals surface area contributed by atoms with Crippen LogP contribution in [0.3, 0.4) is 0 Å². The van der Waals surface area contributed by atoms with Crippen LogP contribution in [0, 0.1) is 0 Å². The predicted octanol–water partition coefficient (Wildman–Crippen LogP) is 0.451. The van der Waals surface area contributed by atoms with Crippen molar-refractivity contribution in [3.05, 3.63) is 23.9 Å². The van der Waals surface area contributed by atoms with Crippen LogP contribution in [0.15, 0.2) is 18.3 Å². The van der Waals surface area contributed by atoms with Crippen molar-refractivity contribution in [3.8, 4) is 0 Å². The van der Waals surface area contributed by atoms with Gasteiger partial charge in [-0.3, -0.25) is 9.48 Å². The Hall–Kier alpha value is -1.78. The van der Waals surface area contributed by atoms with E-state index >= 15 is 0 Å². The van der Waals surface area contributed by atoms with Crippen LogP contribution in [-0.4, -0.2) is 21.7 Å². The molecule has 1 aliphatic rings. The first-order valence-corrected chi connectivity index (χ1v) is 4.92. The first-order valence-electron chi connectivity index (χ1n) is 4.92. The van der Waals surface area contributed by atoms with Crippen LogP contribution >= 0.6 is 0 Å². The molecule has 0 unspecified atom stereocenters. The van der Waals surface area contributed by atoms with E-state index in [4.69, 9.17) is 5.73 Å². The minimum atomic E-state index is -0.144. The van der Waals surface area contributed by atoms with E-state index in [2.05, 4.69) is 22.6 Å². The molecule has 0 aromatic carbocycles. The lowest BCUT2D eigenvalue weighted by Gasteiger charge is -2.11. The molecule has 0 bridgehead atoms. The van der Waals surface area contributed by atoms with Crippen molar-refractivity contribution in [2.24, 2.45) is 7.05 Å². The number of nitrogens with zero attached hydrogens (tertiary/aromatic N) is 2. The molecule has 0 fully saturated rings. The number of amides is 1. The molecular formula is C10H14N4O. The fourth-order valence-corrected chi connectivity index (χ4v) is 1.62. The van der Waals surface area contributed by atoms with Gasteiger partial charge in [-0.2, -0.15) is 5.10 Å². The second-order valence-electron chi connectivity index (χ2n) is 3.68. The third-order valence-corrected chi connectivity index (χ3v) is 2.57. The lowest BCUT2D eigenvalue weighted by atomic mass is 10.2. The van der Waals surface area contributed by atoms with E-state index in [1.54, 1.807) is 7.05 Å². The van der Waals surface area contributed by atoms with Gasteiger partial charge in [0.05, 0.1) is 6.20 Å². The van der Waals surface area contributed by atoms with Gasteiger partial charge < -0.3 is 11.1 Å². The molecule has 0 saturated heterocycles. The largest absolute Gasteiger partial charge is 0.383 e. The molecule has 1 aliphatic carbocycles. The van der Waals surface area contributed by atoms with E-state index in [1.165, 1.54) is 10.9 Å². The van der Waals surface area contributed by atoms with Crippen molar-refractivity contribution in [2.45, 2.75) is 18.9 Å². The molecule has 0 spiro atoms. The van der Waals surface area contributed by atoms with Gasteiger partial charge in [-0.1, -0.05) is 12.2 Å². The number of carbonyl (C=O) groups excluding carboxylic acids is 1. The maximum Gasteiger partial charge on any atom is 0.256 e. The number of rotatable bonds is 2. The normalized spacial score (nSPS) is 15.8. The Morgan fingerprint density at radius 1 is 1.60 bits per heavy atom. The molecule has 1 aromatic rings. The third kappa shape index (κ3) is 1.86. The van der Waals surface area contributed by atoms with Crippen LogP contribution in [0.5, 0.6) is 0 Å². The number of anilines is 1. The Balaban J connectivity index is 2.04. The van der Waals surface area contributed by atoms with Crippen LogP contribution in [0.1, 0.15) is 23.2 Å². The standard InChI is InChI=1S/C10H14N4O/c1-14-9(11)8(6-12-14)10(15)13-7-4-2-3-5-7/h2-3,6-7H,4-5,11H2,1H3,(H,13,15). The number of nitrogens with one attached hydrogen (secondary N) is 1. The lowest BCUT2D eigenvalue weighted by molar-refractivity contribution is 0.0940. The summed E-state index contributed by atoms with van der Waals surface area (Å²) < 4.78 is 1.49. The third-order valence-electron chi connectivity index (χ3n) is 2.57. The van der Waals surface area contributed by atoms with E-state index in [0.717, 1.165) is 12.8 Å². The molecule has 2 rings (SSSR count). The first kappa shape index (κ1) is 9.76. The highest BCUT2D eigenvalue weighted by Crippen LogP contribution is 2.13. The predicted molar refractivity (Wildman–Crippen MR) is 57.2 cm³/mol. The van der Waals surface area contributed by atoms with Gasteiger partial charge in [-0.15, -0.1) is 0 Å². The van der Waals surface area contributed by atoms with Gasteiger partial charge in [0.25, 0.3) is 5.91 Å². The number of hydrogen-bond acceptors (Lipinski definition) is 3. The van der Waals surface area contributed by atoms with E-state index < -0.39 is 0 Å². The molecule has 80 valence electrons. The number of aryl methyl sites for hydroxylation is 1. The Morgan fingerprint density at radius 2 is 2.27 bits per heavy atom. The minimum absolute atomic E-state index is 0.144. The second-order valence-corrected chi connectivity index (χ2v) is 3.68. The van der Waals surface area contributed by atoms with Gasteiger partial charge in [0.2, 0.25) is 0 Å². The van der Waals surface area contributed by atoms with Gasteiger partial charge in [-0.25, -0.2) is 0 Å². The zero-order valence-corrected chi connectivity index (χ0v) is 8.60. The van der Waals surface area contributed by atoms with Gasteiger partial charge >= 0.3 is 0 Å². The highest BCUT2D eigenvalue weighted by molar-refractivity contribution is 5.98. The van der Waals surface area contributed by atoms with E-state index in [1.807, 2.05) is 0 Å². The summed E-state index contributed by atoms with van der Waals surface area (Å²) >= 11 is 0. The van der Waals surface area contributed by atoms with Gasteiger partial charge in [0.1, 0.15) is 11.4 Å². The number of nitrogen functional groups attached to an aromatic ring is 1. The summed E-state index contributed by atoms with van der Waals surface area (Å²) in [6, 6.07) is 0.206. The van der Waals surface area contributed by atoms with Crippen LogP contribution in [0.2, 0.25) is 0 Å². The zero-order chi connectivity index (χ0) is 10.8. The summed E-state index contributed by atoms with van der Waals surface area (Å²) in [5.41, 5.74) is 6.15. The zero-order valence-electron chi connectivity index (χ0n) is 8.60. The molecule has 1 aromatic heterocycles. The molecule has 3 N–H and O–H groups in total. The van der Waals surface area contributed by atoms with E-state index in [0.29, 0.717) is 11.4 Å². The van der Waals surface area contributed by atoms with Crippen LogP contribution in [-0.2, 0) is 7.05 Å². The number of hydrogen-bond donors (Lipinski definition) is 2. The van der Waals surface area contributed by atoms with Crippen LogP contribution in [0.25, 0.3) is 0 Å². The summed E-state index contributed by atoms with van der Waals surface area (Å²) in [6.45, 7) is 0. The SMILES string of the molecule is Cn1ncc(C(=O)NC2CC=CC2)c1N. The fourth-order valence-electron chi connectivity index (χ4n) is 1.62. The van der Waals surface area contributed by atoms with Crippen LogP contribution < -0.4 is 11.1 Å². The smallest absolute Gasteiger partial charge is 0.256 e. The summed E-state index contributed by atoms with van der Waals surface area (Å²) in [5.74, 6) is 0.257. The highest BCUT2D eigenvalue weighted by atomic mass is 16.1. The van der Waals surface area contributed by atoms with Gasteiger partial charge in [-0.05, 0) is 12.8 Å². The van der Waals surface area contributed by atoms with Crippen molar-refractivity contribution >= 4 is 11.7 Å². The fraction of sp³-hybridized carbons (Fsp3) is 0.400. The van der Waals surface area contributed by atoms with Gasteiger partial charge in [0.15, 0.2) is 0 Å². The molecule has 0 radical (unpaired) electrons. The van der Waals surface area contributed by atoms with Crippen molar-refractivity contribution < 1.29 is 4.79 Å². The lowest BCUT2D eigenvalue weighted by Crippen LogP contribution is -2.33. The monoisotopic (exact) mass is 206 g/mol. The highest BCUT2D eigenvalue weighted by Gasteiger charge is 2.18. The van der Waals surface area contributed by atoms with Crippen molar-refractivity contribution in [1.82, 2.24) is 15.1 Å². The van der Waals surface area contributed by atoms with Crippen molar-refractivity contribution in [3.63, 3.8) is 0 Å². The number of carbonyl (C=O) groups is 1. The van der Waals surface area contributed by atoms with Gasteiger partial charge in [0, 0.05) is 13.1 Å². The molecule has 0 aliphatic heterocycles. The Bertz CT molecular complexity index is 400. The number of nitrogens with two attached hydrogens (primary N) is 1. The maximum absolute atomic E-state index is 11.8. The Labute approximate surface area is 87.9 Å². The maximum atomic E-state index is 11.8. The average molecular weight is 206 g/mol. The molecule has 15 heavy (non-hydrogen) atoms. The molecule has 0 atom stereocenters. The summed E-state index contributed by atoms with van der Waals surface area (Å²) in [5, 5.41) is 6.84.